The van der Waals surface area contributed by atoms with Crippen LogP contribution in [0.5, 0.6) is 11.5 Å². The van der Waals surface area contributed by atoms with Gasteiger partial charge in [0.1, 0.15) is 10.0 Å². The number of pyridine rings is 1. The fourth-order valence-corrected chi connectivity index (χ4v) is 3.48. The molecule has 1 aromatic heterocycles. The van der Waals surface area contributed by atoms with Gasteiger partial charge in [-0.1, -0.05) is 17.7 Å². The van der Waals surface area contributed by atoms with Crippen LogP contribution in [0.15, 0.2) is 41.4 Å². The Morgan fingerprint density at radius 3 is 2.40 bits per heavy atom. The van der Waals surface area contributed by atoms with E-state index >= 15 is 0 Å². The van der Waals surface area contributed by atoms with Crippen LogP contribution in [0, 0.1) is 0 Å². The first kappa shape index (κ1) is 19.5. The lowest BCUT2D eigenvalue weighted by atomic mass is 10.1. The first-order chi connectivity index (χ1) is 11.7. The molecule has 0 aliphatic carbocycles. The Labute approximate surface area is 153 Å². The van der Waals surface area contributed by atoms with Crippen molar-refractivity contribution in [3.63, 3.8) is 0 Å². The summed E-state index contributed by atoms with van der Waals surface area (Å²) in [5, 5.41) is 0.234. The lowest BCUT2D eigenvalue weighted by molar-refractivity contribution is 0.230. The van der Waals surface area contributed by atoms with Gasteiger partial charge in [-0.15, -0.1) is 0 Å². The molecule has 25 heavy (non-hydrogen) atoms. The van der Waals surface area contributed by atoms with Crippen LogP contribution in [-0.2, 0) is 10.0 Å². The molecule has 0 saturated carbocycles. The van der Waals surface area contributed by atoms with Crippen molar-refractivity contribution in [3.05, 3.63) is 47.2 Å². The van der Waals surface area contributed by atoms with Gasteiger partial charge in [0, 0.05) is 12.2 Å². The summed E-state index contributed by atoms with van der Waals surface area (Å²) in [5.74, 6) is 1.16. The Bertz CT molecular complexity index is 823. The molecule has 0 saturated heterocycles. The molecule has 8 heteroatoms. The number of rotatable bonds is 7. The minimum absolute atomic E-state index is 0.00748. The van der Waals surface area contributed by atoms with Crippen LogP contribution in [-0.4, -0.2) is 26.6 Å². The summed E-state index contributed by atoms with van der Waals surface area (Å²) in [5.41, 5.74) is 0.749. The molecule has 0 radical (unpaired) electrons. The van der Waals surface area contributed by atoms with E-state index in [1.54, 1.807) is 32.2 Å². The molecule has 2 aromatic rings. The van der Waals surface area contributed by atoms with Crippen molar-refractivity contribution in [3.8, 4) is 11.5 Å². The number of nitrogens with zero attached hydrogens (tertiary/aromatic N) is 1. The van der Waals surface area contributed by atoms with Crippen LogP contribution in [0.4, 0.5) is 0 Å². The van der Waals surface area contributed by atoms with Gasteiger partial charge < -0.3 is 9.47 Å². The summed E-state index contributed by atoms with van der Waals surface area (Å²) in [4.78, 5) is 3.85. The number of methoxy groups -OCH3 is 1. The highest BCUT2D eigenvalue weighted by Gasteiger charge is 2.20. The van der Waals surface area contributed by atoms with E-state index in [1.807, 2.05) is 13.8 Å². The maximum absolute atomic E-state index is 12.4. The summed E-state index contributed by atoms with van der Waals surface area (Å²) >= 11 is 5.70. The number of aromatic nitrogens is 1. The van der Waals surface area contributed by atoms with E-state index in [4.69, 9.17) is 21.1 Å². The zero-order chi connectivity index (χ0) is 18.6. The first-order valence-electron chi connectivity index (χ1n) is 7.71. The van der Waals surface area contributed by atoms with Gasteiger partial charge in [0.05, 0.1) is 13.2 Å². The molecule has 0 amide bonds. The van der Waals surface area contributed by atoms with Gasteiger partial charge in [0.15, 0.2) is 11.5 Å². The number of ether oxygens (including phenoxy) is 2. The fraction of sp³-hybridized carbons (Fsp3) is 0.353. The van der Waals surface area contributed by atoms with E-state index in [-0.39, 0.29) is 16.2 Å². The topological polar surface area (TPSA) is 77.5 Å². The Hall–Kier alpha value is -1.83. The predicted molar refractivity (Wildman–Crippen MR) is 96.7 cm³/mol. The number of hydrogen-bond donors (Lipinski definition) is 1. The Balaban J connectivity index is 2.22. The summed E-state index contributed by atoms with van der Waals surface area (Å²) in [6.45, 7) is 5.59. The third-order valence-electron chi connectivity index (χ3n) is 3.39. The lowest BCUT2D eigenvalue weighted by Gasteiger charge is -2.18. The minimum Gasteiger partial charge on any atom is -0.493 e. The lowest BCUT2D eigenvalue weighted by Crippen LogP contribution is -2.27. The molecular formula is C17H21ClN2O4S. The highest BCUT2D eigenvalue weighted by molar-refractivity contribution is 7.89. The van der Waals surface area contributed by atoms with Crippen molar-refractivity contribution in [2.24, 2.45) is 0 Å². The van der Waals surface area contributed by atoms with Crippen LogP contribution in [0.2, 0.25) is 5.15 Å². The minimum atomic E-state index is -3.72. The van der Waals surface area contributed by atoms with Crippen LogP contribution < -0.4 is 14.2 Å². The molecule has 1 atom stereocenters. The molecule has 0 aliphatic heterocycles. The van der Waals surface area contributed by atoms with Crippen molar-refractivity contribution in [2.75, 3.05) is 7.11 Å². The second-order valence-corrected chi connectivity index (χ2v) is 7.84. The molecule has 0 spiro atoms. The summed E-state index contributed by atoms with van der Waals surface area (Å²) in [6, 6.07) is 7.69. The standard InChI is InChI=1S/C17H21ClN2O4S/c1-11(2)24-15-7-5-13(9-16(15)23-4)12(3)20-25(21,22)14-6-8-17(18)19-10-14/h5-12,20H,1-4H3. The quantitative estimate of drug-likeness (QED) is 0.738. The van der Waals surface area contributed by atoms with Crippen molar-refractivity contribution in [2.45, 2.75) is 37.8 Å². The van der Waals surface area contributed by atoms with Crippen molar-refractivity contribution >= 4 is 21.6 Å². The number of hydrogen-bond acceptors (Lipinski definition) is 5. The monoisotopic (exact) mass is 384 g/mol. The molecule has 1 unspecified atom stereocenters. The van der Waals surface area contributed by atoms with E-state index in [9.17, 15) is 8.42 Å². The summed E-state index contributed by atoms with van der Waals surface area (Å²) in [6.07, 6.45) is 1.23. The smallest absolute Gasteiger partial charge is 0.242 e. The van der Waals surface area contributed by atoms with Crippen LogP contribution in [0.3, 0.4) is 0 Å². The van der Waals surface area contributed by atoms with E-state index < -0.39 is 16.1 Å². The van der Waals surface area contributed by atoms with Gasteiger partial charge in [-0.2, -0.15) is 0 Å². The van der Waals surface area contributed by atoms with Crippen LogP contribution >= 0.6 is 11.6 Å². The van der Waals surface area contributed by atoms with Gasteiger partial charge in [-0.25, -0.2) is 18.1 Å². The third kappa shape index (κ3) is 5.07. The molecule has 0 fully saturated rings. The van der Waals surface area contributed by atoms with E-state index in [1.165, 1.54) is 18.3 Å². The highest BCUT2D eigenvalue weighted by atomic mass is 35.5. The Morgan fingerprint density at radius 1 is 1.12 bits per heavy atom. The zero-order valence-corrected chi connectivity index (χ0v) is 16.1. The fourth-order valence-electron chi connectivity index (χ4n) is 2.19. The Morgan fingerprint density at radius 2 is 1.84 bits per heavy atom. The van der Waals surface area contributed by atoms with Crippen molar-refractivity contribution < 1.29 is 17.9 Å². The second kappa shape index (κ2) is 8.03. The van der Waals surface area contributed by atoms with E-state index in [2.05, 4.69) is 9.71 Å². The van der Waals surface area contributed by atoms with E-state index in [0.717, 1.165) is 5.56 Å². The number of halogens is 1. The average molecular weight is 385 g/mol. The normalized spacial score (nSPS) is 12.9. The van der Waals surface area contributed by atoms with E-state index in [0.29, 0.717) is 11.5 Å². The van der Waals surface area contributed by atoms with Gasteiger partial charge >= 0.3 is 0 Å². The molecule has 0 bridgehead atoms. The highest BCUT2D eigenvalue weighted by Crippen LogP contribution is 2.31. The van der Waals surface area contributed by atoms with Gasteiger partial charge in [-0.05, 0) is 50.6 Å². The largest absolute Gasteiger partial charge is 0.493 e. The first-order valence-corrected chi connectivity index (χ1v) is 9.57. The molecule has 1 aromatic carbocycles. The van der Waals surface area contributed by atoms with Crippen LogP contribution in [0.25, 0.3) is 0 Å². The molecule has 1 N–H and O–H groups in total. The maximum atomic E-state index is 12.4. The van der Waals surface area contributed by atoms with Crippen LogP contribution in [0.1, 0.15) is 32.4 Å². The van der Waals surface area contributed by atoms with Crippen molar-refractivity contribution in [1.82, 2.24) is 9.71 Å². The zero-order valence-electron chi connectivity index (χ0n) is 14.5. The van der Waals surface area contributed by atoms with Crippen molar-refractivity contribution in [1.29, 1.82) is 0 Å². The van der Waals surface area contributed by atoms with Gasteiger partial charge in [-0.3, -0.25) is 0 Å². The Kier molecular flexibility index (Phi) is 6.26. The third-order valence-corrected chi connectivity index (χ3v) is 5.14. The van der Waals surface area contributed by atoms with Gasteiger partial charge in [0.2, 0.25) is 10.0 Å². The summed E-state index contributed by atoms with van der Waals surface area (Å²) < 4.78 is 38.5. The number of benzene rings is 1. The maximum Gasteiger partial charge on any atom is 0.242 e. The second-order valence-electron chi connectivity index (χ2n) is 5.74. The molecule has 136 valence electrons. The molecule has 0 aliphatic rings. The van der Waals surface area contributed by atoms with Gasteiger partial charge in [0.25, 0.3) is 0 Å². The molecule has 6 nitrogen and oxygen atoms in total. The SMILES string of the molecule is COc1cc(C(C)NS(=O)(=O)c2ccc(Cl)nc2)ccc1OC(C)C. The molecule has 2 rings (SSSR count). The molecular weight excluding hydrogens is 364 g/mol. The average Bonchev–Trinajstić information content (AvgIpc) is 2.54. The number of sulfonamides is 1. The number of nitrogens with one attached hydrogen (secondary N) is 1. The predicted octanol–water partition coefficient (Wildman–Crippen LogP) is 3.57. The molecule has 1 heterocycles. The summed E-state index contributed by atoms with van der Waals surface area (Å²) in [7, 11) is -2.17.